The summed E-state index contributed by atoms with van der Waals surface area (Å²) in [6, 6.07) is 7.66. The van der Waals surface area contributed by atoms with E-state index in [4.69, 9.17) is 9.73 Å². The van der Waals surface area contributed by atoms with E-state index in [0.717, 1.165) is 43.1 Å². The fraction of sp³-hybridized carbons (Fsp3) is 0.550. The predicted molar refractivity (Wildman–Crippen MR) is 106 cm³/mol. The number of nitrogens with one attached hydrogen (secondary N) is 2. The smallest absolute Gasteiger partial charge is 0.310 e. The second-order valence-electron chi connectivity index (χ2n) is 6.59. The Morgan fingerprint density at radius 1 is 1.33 bits per heavy atom. The SMILES string of the molecule is CCNC(=NCc1cccc(NC(C)=O)c1)N1CCCC(C(=O)OCC)C1. The first-order valence-corrected chi connectivity index (χ1v) is 9.59. The number of aliphatic imine (C=N–C) groups is 1. The van der Waals surface area contributed by atoms with Crippen LogP contribution >= 0.6 is 0 Å². The van der Waals surface area contributed by atoms with E-state index in [-0.39, 0.29) is 17.8 Å². The van der Waals surface area contributed by atoms with Crippen LogP contribution in [0.1, 0.15) is 39.2 Å². The summed E-state index contributed by atoms with van der Waals surface area (Å²) in [6.45, 7) is 8.50. The maximum Gasteiger partial charge on any atom is 0.310 e. The summed E-state index contributed by atoms with van der Waals surface area (Å²) in [6.07, 6.45) is 1.79. The molecule has 27 heavy (non-hydrogen) atoms. The summed E-state index contributed by atoms with van der Waals surface area (Å²) < 4.78 is 5.18. The topological polar surface area (TPSA) is 83.0 Å². The molecule has 1 heterocycles. The Balaban J connectivity index is 2.07. The van der Waals surface area contributed by atoms with Crippen molar-refractivity contribution < 1.29 is 14.3 Å². The van der Waals surface area contributed by atoms with E-state index >= 15 is 0 Å². The number of nitrogens with zero attached hydrogens (tertiary/aromatic N) is 2. The first kappa shape index (κ1) is 20.7. The highest BCUT2D eigenvalue weighted by atomic mass is 16.5. The van der Waals surface area contributed by atoms with Gasteiger partial charge in [0.15, 0.2) is 5.96 Å². The Labute approximate surface area is 161 Å². The lowest BCUT2D eigenvalue weighted by molar-refractivity contribution is -0.149. The molecule has 1 aliphatic heterocycles. The minimum atomic E-state index is -0.124. The Bertz CT molecular complexity index is 675. The van der Waals surface area contributed by atoms with Gasteiger partial charge in [-0.3, -0.25) is 9.59 Å². The van der Waals surface area contributed by atoms with Crippen LogP contribution in [-0.2, 0) is 20.9 Å². The standard InChI is InChI=1S/C20H30N4O3/c1-4-21-20(24-11-7-9-17(14-24)19(26)27-5-2)22-13-16-8-6-10-18(12-16)23-15(3)25/h6,8,10,12,17H,4-5,7,9,11,13-14H2,1-3H3,(H,21,22)(H,23,25). The summed E-state index contributed by atoms with van der Waals surface area (Å²) in [5.74, 6) is 0.477. The van der Waals surface area contributed by atoms with Gasteiger partial charge in [-0.25, -0.2) is 4.99 Å². The van der Waals surface area contributed by atoms with E-state index in [1.807, 2.05) is 38.1 Å². The largest absolute Gasteiger partial charge is 0.466 e. The number of rotatable bonds is 6. The van der Waals surface area contributed by atoms with Gasteiger partial charge in [-0.05, 0) is 44.4 Å². The van der Waals surface area contributed by atoms with Crippen molar-refractivity contribution >= 4 is 23.5 Å². The summed E-state index contributed by atoms with van der Waals surface area (Å²) in [4.78, 5) is 30.2. The molecule has 0 aliphatic carbocycles. The molecule has 1 aliphatic rings. The Morgan fingerprint density at radius 3 is 2.85 bits per heavy atom. The van der Waals surface area contributed by atoms with Gasteiger partial charge in [-0.2, -0.15) is 0 Å². The molecule has 1 aromatic rings. The molecule has 1 aromatic carbocycles. The molecule has 0 aromatic heterocycles. The first-order valence-electron chi connectivity index (χ1n) is 9.59. The van der Waals surface area contributed by atoms with Gasteiger partial charge in [0, 0.05) is 32.2 Å². The average molecular weight is 374 g/mol. The summed E-state index contributed by atoms with van der Waals surface area (Å²) in [5.41, 5.74) is 1.77. The molecule has 2 rings (SSSR count). The quantitative estimate of drug-likeness (QED) is 0.454. The molecule has 1 amide bonds. The molecule has 148 valence electrons. The summed E-state index contributed by atoms with van der Waals surface area (Å²) in [5, 5.41) is 6.10. The van der Waals surface area contributed by atoms with Crippen LogP contribution in [0.5, 0.6) is 0 Å². The van der Waals surface area contributed by atoms with E-state index in [2.05, 4.69) is 15.5 Å². The minimum absolute atomic E-state index is 0.0951. The second kappa shape index (κ2) is 10.5. The van der Waals surface area contributed by atoms with Gasteiger partial charge >= 0.3 is 5.97 Å². The van der Waals surface area contributed by atoms with Gasteiger partial charge in [-0.1, -0.05) is 12.1 Å². The number of carbonyl (C=O) groups excluding carboxylic acids is 2. The van der Waals surface area contributed by atoms with Gasteiger partial charge in [0.05, 0.1) is 19.1 Å². The van der Waals surface area contributed by atoms with Gasteiger partial charge in [0.1, 0.15) is 0 Å². The van der Waals surface area contributed by atoms with Crippen molar-refractivity contribution in [1.82, 2.24) is 10.2 Å². The number of guanidine groups is 1. The monoisotopic (exact) mass is 374 g/mol. The van der Waals surface area contributed by atoms with Crippen LogP contribution in [0.2, 0.25) is 0 Å². The van der Waals surface area contributed by atoms with Crippen molar-refractivity contribution in [3.63, 3.8) is 0 Å². The van der Waals surface area contributed by atoms with E-state index in [1.54, 1.807) is 0 Å². The van der Waals surface area contributed by atoms with Crippen molar-refractivity contribution in [2.24, 2.45) is 10.9 Å². The maximum absolute atomic E-state index is 12.1. The van der Waals surface area contributed by atoms with E-state index in [9.17, 15) is 9.59 Å². The summed E-state index contributed by atoms with van der Waals surface area (Å²) in [7, 11) is 0. The van der Waals surface area contributed by atoms with Crippen LogP contribution < -0.4 is 10.6 Å². The third kappa shape index (κ3) is 6.58. The molecule has 0 radical (unpaired) electrons. The fourth-order valence-corrected chi connectivity index (χ4v) is 3.16. The zero-order valence-corrected chi connectivity index (χ0v) is 16.5. The van der Waals surface area contributed by atoms with Crippen molar-refractivity contribution in [3.8, 4) is 0 Å². The van der Waals surface area contributed by atoms with Gasteiger partial charge in [0.2, 0.25) is 5.91 Å². The summed E-state index contributed by atoms with van der Waals surface area (Å²) >= 11 is 0. The number of anilines is 1. The Kier molecular flexibility index (Phi) is 8.10. The van der Waals surface area contributed by atoms with Gasteiger partial charge in [-0.15, -0.1) is 0 Å². The van der Waals surface area contributed by atoms with Crippen molar-refractivity contribution in [3.05, 3.63) is 29.8 Å². The fourth-order valence-electron chi connectivity index (χ4n) is 3.16. The zero-order valence-electron chi connectivity index (χ0n) is 16.5. The van der Waals surface area contributed by atoms with Gasteiger partial charge in [0.25, 0.3) is 0 Å². The van der Waals surface area contributed by atoms with Gasteiger partial charge < -0.3 is 20.3 Å². The van der Waals surface area contributed by atoms with E-state index < -0.39 is 0 Å². The molecule has 1 atom stereocenters. The number of benzene rings is 1. The maximum atomic E-state index is 12.1. The number of hydrogen-bond acceptors (Lipinski definition) is 4. The molecule has 1 unspecified atom stereocenters. The van der Waals surface area contributed by atoms with Crippen LogP contribution in [0.4, 0.5) is 5.69 Å². The Hall–Kier alpha value is -2.57. The Morgan fingerprint density at radius 2 is 2.15 bits per heavy atom. The number of piperidine rings is 1. The van der Waals surface area contributed by atoms with Crippen LogP contribution in [0.25, 0.3) is 0 Å². The highest BCUT2D eigenvalue weighted by molar-refractivity contribution is 5.88. The van der Waals surface area contributed by atoms with Crippen molar-refractivity contribution in [2.45, 2.75) is 40.2 Å². The third-order valence-corrected chi connectivity index (χ3v) is 4.33. The van der Waals surface area contributed by atoms with Crippen LogP contribution in [-0.4, -0.2) is 49.0 Å². The zero-order chi connectivity index (χ0) is 19.6. The third-order valence-electron chi connectivity index (χ3n) is 4.33. The molecule has 0 bridgehead atoms. The molecule has 0 saturated carbocycles. The average Bonchev–Trinajstić information content (AvgIpc) is 2.65. The molecular formula is C20H30N4O3. The van der Waals surface area contributed by atoms with E-state index in [0.29, 0.717) is 19.7 Å². The molecule has 1 saturated heterocycles. The van der Waals surface area contributed by atoms with E-state index in [1.165, 1.54) is 6.92 Å². The molecule has 2 N–H and O–H groups in total. The molecule has 0 spiro atoms. The predicted octanol–water partition coefficient (Wildman–Crippen LogP) is 2.39. The molecule has 1 fully saturated rings. The minimum Gasteiger partial charge on any atom is -0.466 e. The van der Waals surface area contributed by atoms with Crippen molar-refractivity contribution in [2.75, 3.05) is 31.6 Å². The highest BCUT2D eigenvalue weighted by Gasteiger charge is 2.28. The number of ether oxygens (including phenoxy) is 1. The number of amides is 1. The van der Waals surface area contributed by atoms with Crippen LogP contribution in [0.3, 0.4) is 0 Å². The first-order chi connectivity index (χ1) is 13.0. The number of esters is 1. The molecule has 7 heteroatoms. The van der Waals surface area contributed by atoms with Crippen molar-refractivity contribution in [1.29, 1.82) is 0 Å². The van der Waals surface area contributed by atoms with Crippen LogP contribution in [0, 0.1) is 5.92 Å². The molecular weight excluding hydrogens is 344 g/mol. The highest BCUT2D eigenvalue weighted by Crippen LogP contribution is 2.18. The molecule has 7 nitrogen and oxygen atoms in total. The lowest BCUT2D eigenvalue weighted by Gasteiger charge is -2.34. The lowest BCUT2D eigenvalue weighted by Crippen LogP contribution is -2.48. The second-order valence-corrected chi connectivity index (χ2v) is 6.59. The number of hydrogen-bond donors (Lipinski definition) is 2. The van der Waals surface area contributed by atoms with Crippen LogP contribution in [0.15, 0.2) is 29.3 Å². The number of carbonyl (C=O) groups is 2. The normalized spacial score (nSPS) is 17.4. The number of likely N-dealkylation sites (tertiary alicyclic amines) is 1. The lowest BCUT2D eigenvalue weighted by atomic mass is 9.98.